The van der Waals surface area contributed by atoms with Crippen molar-refractivity contribution in [3.05, 3.63) is 0 Å². The molecule has 1 fully saturated rings. The molecule has 0 unspecified atom stereocenters. The van der Waals surface area contributed by atoms with Gasteiger partial charge in [-0.15, -0.1) is 0 Å². The summed E-state index contributed by atoms with van der Waals surface area (Å²) in [6.45, 7) is 0.628. The predicted molar refractivity (Wildman–Crippen MR) is 50.1 cm³/mol. The molecule has 0 radical (unpaired) electrons. The molecule has 0 spiro atoms. The van der Waals surface area contributed by atoms with Crippen LogP contribution in [-0.2, 0) is 10.7 Å². The Bertz CT molecular complexity index is 177. The lowest BCUT2D eigenvalue weighted by molar-refractivity contribution is 0.380. The summed E-state index contributed by atoms with van der Waals surface area (Å²) in [5, 5.41) is 3.27. The number of nitrogens with one attached hydrogen (secondary N) is 1. The van der Waals surface area contributed by atoms with Gasteiger partial charge >= 0.3 is 0 Å². The van der Waals surface area contributed by atoms with E-state index in [1.54, 1.807) is 0 Å². The van der Waals surface area contributed by atoms with Gasteiger partial charge in [-0.25, -0.2) is 8.42 Å². The SMILES string of the molecule is O=[SH](=O)CCNC1CCCCC1. The zero-order valence-corrected chi connectivity index (χ0v) is 8.19. The average molecular weight is 191 g/mol. The molecule has 0 bridgehead atoms. The van der Waals surface area contributed by atoms with Crippen LogP contribution in [0.25, 0.3) is 0 Å². The van der Waals surface area contributed by atoms with Crippen LogP contribution in [0.2, 0.25) is 0 Å². The standard InChI is InChI=1S/C8H17NO2S/c10-12(11)7-6-9-8-4-2-1-3-5-8/h8-9,12H,1-7H2. The third kappa shape index (κ3) is 4.07. The van der Waals surface area contributed by atoms with Gasteiger partial charge in [-0.3, -0.25) is 0 Å². The van der Waals surface area contributed by atoms with Crippen molar-refractivity contribution in [3.63, 3.8) is 0 Å². The fourth-order valence-corrected chi connectivity index (χ4v) is 1.98. The predicted octanol–water partition coefficient (Wildman–Crippen LogP) is 0.520. The molecule has 72 valence electrons. The molecule has 0 heterocycles. The quantitative estimate of drug-likeness (QED) is 0.637. The Morgan fingerprint density at radius 2 is 1.83 bits per heavy atom. The first-order chi connectivity index (χ1) is 5.79. The molecule has 1 saturated carbocycles. The summed E-state index contributed by atoms with van der Waals surface area (Å²) in [7, 11) is -2.19. The Morgan fingerprint density at radius 1 is 1.17 bits per heavy atom. The highest BCUT2D eigenvalue weighted by Crippen LogP contribution is 2.16. The average Bonchev–Trinajstić information content (AvgIpc) is 2.05. The Kier molecular flexibility index (Phi) is 4.61. The van der Waals surface area contributed by atoms with Crippen LogP contribution in [0.5, 0.6) is 0 Å². The van der Waals surface area contributed by atoms with Gasteiger partial charge in [0.15, 0.2) is 0 Å². The Labute approximate surface area is 75.5 Å². The normalized spacial score (nSPS) is 20.1. The van der Waals surface area contributed by atoms with Crippen molar-refractivity contribution in [1.82, 2.24) is 5.32 Å². The summed E-state index contributed by atoms with van der Waals surface area (Å²) in [5.74, 6) is 0.284. The Morgan fingerprint density at radius 3 is 2.42 bits per heavy atom. The summed E-state index contributed by atoms with van der Waals surface area (Å²) in [6.07, 6.45) is 6.36. The molecule has 0 aromatic carbocycles. The molecule has 1 aliphatic carbocycles. The van der Waals surface area contributed by atoms with Gasteiger partial charge in [-0.1, -0.05) is 19.3 Å². The third-order valence-electron chi connectivity index (χ3n) is 2.33. The first-order valence-electron chi connectivity index (χ1n) is 4.64. The molecule has 0 amide bonds. The maximum Gasteiger partial charge on any atom is 0.141 e. The van der Waals surface area contributed by atoms with Gasteiger partial charge in [-0.2, -0.15) is 0 Å². The topological polar surface area (TPSA) is 46.2 Å². The van der Waals surface area contributed by atoms with E-state index < -0.39 is 10.7 Å². The minimum absolute atomic E-state index is 0.284. The first-order valence-corrected chi connectivity index (χ1v) is 6.00. The molecule has 1 N–H and O–H groups in total. The zero-order chi connectivity index (χ0) is 8.81. The minimum atomic E-state index is -2.19. The van der Waals surface area contributed by atoms with Crippen LogP contribution in [-0.4, -0.2) is 26.8 Å². The highest BCUT2D eigenvalue weighted by Gasteiger charge is 2.11. The highest BCUT2D eigenvalue weighted by molar-refractivity contribution is 7.72. The van der Waals surface area contributed by atoms with E-state index in [-0.39, 0.29) is 5.75 Å². The molecule has 3 nitrogen and oxygen atoms in total. The van der Waals surface area contributed by atoms with Crippen LogP contribution in [0, 0.1) is 0 Å². The van der Waals surface area contributed by atoms with Crippen molar-refractivity contribution < 1.29 is 8.42 Å². The lowest BCUT2D eigenvalue weighted by Gasteiger charge is -2.22. The second-order valence-electron chi connectivity index (χ2n) is 3.35. The van der Waals surface area contributed by atoms with Gasteiger partial charge in [0.2, 0.25) is 0 Å². The van der Waals surface area contributed by atoms with Gasteiger partial charge in [0.25, 0.3) is 0 Å². The fraction of sp³-hybridized carbons (Fsp3) is 1.00. The van der Waals surface area contributed by atoms with Gasteiger partial charge in [-0.05, 0) is 12.8 Å². The zero-order valence-electron chi connectivity index (χ0n) is 7.29. The maximum atomic E-state index is 10.2. The van der Waals surface area contributed by atoms with Crippen molar-refractivity contribution in [3.8, 4) is 0 Å². The molecule has 1 aliphatic rings. The minimum Gasteiger partial charge on any atom is -0.313 e. The van der Waals surface area contributed by atoms with E-state index >= 15 is 0 Å². The van der Waals surface area contributed by atoms with Crippen LogP contribution in [0.4, 0.5) is 0 Å². The van der Waals surface area contributed by atoms with Crippen molar-refractivity contribution in [2.45, 2.75) is 38.1 Å². The van der Waals surface area contributed by atoms with E-state index in [0.717, 1.165) is 0 Å². The van der Waals surface area contributed by atoms with Crippen LogP contribution in [0.1, 0.15) is 32.1 Å². The van der Waals surface area contributed by atoms with E-state index in [0.29, 0.717) is 12.6 Å². The molecule has 0 aromatic rings. The van der Waals surface area contributed by atoms with Crippen molar-refractivity contribution in [2.24, 2.45) is 0 Å². The summed E-state index contributed by atoms with van der Waals surface area (Å²) >= 11 is 0. The number of thiol groups is 1. The van der Waals surface area contributed by atoms with Crippen molar-refractivity contribution in [1.29, 1.82) is 0 Å². The molecular weight excluding hydrogens is 174 g/mol. The van der Waals surface area contributed by atoms with Gasteiger partial charge in [0, 0.05) is 12.6 Å². The number of hydrogen-bond donors (Lipinski definition) is 2. The van der Waals surface area contributed by atoms with E-state index in [9.17, 15) is 8.42 Å². The van der Waals surface area contributed by atoms with Crippen molar-refractivity contribution >= 4 is 10.7 Å². The molecule has 4 heteroatoms. The molecule has 0 saturated heterocycles. The van der Waals surface area contributed by atoms with Gasteiger partial charge in [0.05, 0.1) is 5.75 Å². The van der Waals surface area contributed by atoms with Crippen LogP contribution >= 0.6 is 0 Å². The number of rotatable bonds is 4. The first kappa shape index (κ1) is 9.99. The van der Waals surface area contributed by atoms with Crippen LogP contribution in [0.15, 0.2) is 0 Å². The fourth-order valence-electron chi connectivity index (χ4n) is 1.67. The molecule has 0 aliphatic heterocycles. The van der Waals surface area contributed by atoms with Crippen LogP contribution in [0.3, 0.4) is 0 Å². The Balaban J connectivity index is 2.05. The lowest BCUT2D eigenvalue weighted by atomic mass is 9.96. The second-order valence-corrected chi connectivity index (χ2v) is 4.46. The second kappa shape index (κ2) is 5.54. The maximum absolute atomic E-state index is 10.2. The Hall–Kier alpha value is -0.0900. The largest absolute Gasteiger partial charge is 0.313 e. The smallest absolute Gasteiger partial charge is 0.141 e. The van der Waals surface area contributed by atoms with Crippen LogP contribution < -0.4 is 5.32 Å². The highest BCUT2D eigenvalue weighted by atomic mass is 32.2. The van der Waals surface area contributed by atoms with E-state index in [1.165, 1.54) is 32.1 Å². The molecule has 1 rings (SSSR count). The summed E-state index contributed by atoms with van der Waals surface area (Å²) < 4.78 is 20.5. The van der Waals surface area contributed by atoms with Crippen molar-refractivity contribution in [2.75, 3.05) is 12.3 Å². The summed E-state index contributed by atoms with van der Waals surface area (Å²) in [5.41, 5.74) is 0. The van der Waals surface area contributed by atoms with E-state index in [2.05, 4.69) is 5.32 Å². The summed E-state index contributed by atoms with van der Waals surface area (Å²) in [4.78, 5) is 0. The molecule has 0 atom stereocenters. The molecule has 0 aromatic heterocycles. The lowest BCUT2D eigenvalue weighted by Crippen LogP contribution is -2.33. The molecular formula is C8H17NO2S. The van der Waals surface area contributed by atoms with E-state index in [4.69, 9.17) is 0 Å². The molecule has 12 heavy (non-hydrogen) atoms. The van der Waals surface area contributed by atoms with E-state index in [1.807, 2.05) is 0 Å². The number of hydrogen-bond acceptors (Lipinski definition) is 3. The summed E-state index contributed by atoms with van der Waals surface area (Å²) in [6, 6.07) is 0.577. The van der Waals surface area contributed by atoms with Gasteiger partial charge < -0.3 is 5.32 Å². The third-order valence-corrected chi connectivity index (χ3v) is 2.92. The monoisotopic (exact) mass is 191 g/mol. The van der Waals surface area contributed by atoms with Gasteiger partial charge in [0.1, 0.15) is 10.7 Å².